The van der Waals surface area contributed by atoms with Crippen LogP contribution in [0, 0.1) is 5.82 Å². The van der Waals surface area contributed by atoms with Crippen molar-refractivity contribution in [2.45, 2.75) is 13.5 Å². The van der Waals surface area contributed by atoms with Crippen molar-refractivity contribution in [2.75, 3.05) is 11.9 Å². The predicted octanol–water partition coefficient (Wildman–Crippen LogP) is 4.51. The molecule has 9 heteroatoms. The lowest BCUT2D eigenvalue weighted by molar-refractivity contribution is 0.0474. The number of benzene rings is 2. The Morgan fingerprint density at radius 1 is 1.14 bits per heavy atom. The van der Waals surface area contributed by atoms with Gasteiger partial charge in [0.2, 0.25) is 0 Å². The lowest BCUT2D eigenvalue weighted by Crippen LogP contribution is -2.13. The first-order valence-electron chi connectivity index (χ1n) is 8.50. The maximum absolute atomic E-state index is 13.1. The molecule has 0 saturated heterocycles. The summed E-state index contributed by atoms with van der Waals surface area (Å²) in [6.07, 6.45) is -0.643. The summed E-state index contributed by atoms with van der Waals surface area (Å²) < 4.78 is 28.3. The van der Waals surface area contributed by atoms with Gasteiger partial charge in [0, 0.05) is 28.8 Å². The molecular formula is C20H15ClFNO6. The molecule has 0 fully saturated rings. The number of fused-ring (bicyclic) bond motifs is 1. The van der Waals surface area contributed by atoms with Gasteiger partial charge in [0.15, 0.2) is 0 Å². The Morgan fingerprint density at radius 2 is 1.93 bits per heavy atom. The summed E-state index contributed by atoms with van der Waals surface area (Å²) in [7, 11) is 0. The number of carbonyl (C=O) groups excluding carboxylic acids is 2. The Balaban J connectivity index is 1.82. The molecule has 29 heavy (non-hydrogen) atoms. The van der Waals surface area contributed by atoms with E-state index in [9.17, 15) is 18.8 Å². The van der Waals surface area contributed by atoms with Crippen molar-refractivity contribution in [2.24, 2.45) is 0 Å². The first-order chi connectivity index (χ1) is 13.9. The Morgan fingerprint density at radius 3 is 2.66 bits per heavy atom. The molecule has 0 atom stereocenters. The minimum Gasteiger partial charge on any atom is -0.457 e. The van der Waals surface area contributed by atoms with E-state index < -0.39 is 23.5 Å². The second kappa shape index (κ2) is 8.74. The van der Waals surface area contributed by atoms with Crippen molar-refractivity contribution in [3.8, 4) is 0 Å². The maximum Gasteiger partial charge on any atom is 0.411 e. The van der Waals surface area contributed by atoms with Gasteiger partial charge in [-0.2, -0.15) is 0 Å². The van der Waals surface area contributed by atoms with Crippen LogP contribution in [0.3, 0.4) is 0 Å². The van der Waals surface area contributed by atoms with Crippen LogP contribution in [0.5, 0.6) is 0 Å². The highest BCUT2D eigenvalue weighted by Crippen LogP contribution is 2.23. The van der Waals surface area contributed by atoms with E-state index in [0.717, 1.165) is 12.1 Å². The lowest BCUT2D eigenvalue weighted by atomic mass is 10.1. The number of anilines is 1. The largest absolute Gasteiger partial charge is 0.457 e. The first kappa shape index (κ1) is 20.3. The molecule has 0 bridgehead atoms. The van der Waals surface area contributed by atoms with Gasteiger partial charge in [0.05, 0.1) is 17.2 Å². The van der Waals surface area contributed by atoms with Gasteiger partial charge in [-0.05, 0) is 37.3 Å². The molecule has 0 radical (unpaired) electrons. The number of rotatable bonds is 5. The van der Waals surface area contributed by atoms with Gasteiger partial charge in [0.25, 0.3) is 0 Å². The van der Waals surface area contributed by atoms with Gasteiger partial charge in [-0.1, -0.05) is 11.6 Å². The Hall–Kier alpha value is -3.39. The van der Waals surface area contributed by atoms with Crippen LogP contribution >= 0.6 is 11.6 Å². The van der Waals surface area contributed by atoms with Crippen LogP contribution in [0.2, 0.25) is 5.02 Å². The average molecular weight is 420 g/mol. The maximum atomic E-state index is 13.1. The van der Waals surface area contributed by atoms with Gasteiger partial charge in [-0.15, -0.1) is 0 Å². The number of halogens is 2. The van der Waals surface area contributed by atoms with Crippen LogP contribution in [0.15, 0.2) is 51.7 Å². The number of amides is 1. The van der Waals surface area contributed by atoms with E-state index in [2.05, 4.69) is 5.32 Å². The minimum atomic E-state index is -0.767. The summed E-state index contributed by atoms with van der Waals surface area (Å²) in [6, 6.07) is 9.14. The molecule has 0 saturated carbocycles. The van der Waals surface area contributed by atoms with E-state index in [1.165, 1.54) is 18.2 Å². The molecule has 7 nitrogen and oxygen atoms in total. The molecule has 150 valence electrons. The highest BCUT2D eigenvalue weighted by Gasteiger charge is 2.15. The van der Waals surface area contributed by atoms with E-state index in [-0.39, 0.29) is 29.4 Å². The highest BCUT2D eigenvalue weighted by molar-refractivity contribution is 6.33. The molecule has 0 aliphatic rings. The molecule has 1 aromatic heterocycles. The third-order valence-corrected chi connectivity index (χ3v) is 4.17. The topological polar surface area (TPSA) is 94.8 Å². The van der Waals surface area contributed by atoms with Crippen molar-refractivity contribution in [3.63, 3.8) is 0 Å². The summed E-state index contributed by atoms with van der Waals surface area (Å²) in [6.45, 7) is 1.65. The molecule has 1 amide bonds. The lowest BCUT2D eigenvalue weighted by Gasteiger charge is -2.10. The summed E-state index contributed by atoms with van der Waals surface area (Å²) in [4.78, 5) is 35.6. The van der Waals surface area contributed by atoms with Crippen LogP contribution < -0.4 is 10.9 Å². The zero-order valence-corrected chi connectivity index (χ0v) is 15.9. The predicted molar refractivity (Wildman–Crippen MR) is 104 cm³/mol. The van der Waals surface area contributed by atoms with Gasteiger partial charge >= 0.3 is 17.7 Å². The summed E-state index contributed by atoms with van der Waals surface area (Å²) in [5.41, 5.74) is 0.299. The third-order valence-electron chi connectivity index (χ3n) is 3.86. The number of carbonyl (C=O) groups is 2. The van der Waals surface area contributed by atoms with Gasteiger partial charge in [0.1, 0.15) is 18.0 Å². The number of ether oxygens (including phenoxy) is 2. The monoisotopic (exact) mass is 419 g/mol. The van der Waals surface area contributed by atoms with E-state index in [4.69, 9.17) is 25.5 Å². The fourth-order valence-electron chi connectivity index (χ4n) is 2.59. The van der Waals surface area contributed by atoms with E-state index in [1.807, 2.05) is 0 Å². The molecule has 0 unspecified atom stereocenters. The van der Waals surface area contributed by atoms with E-state index >= 15 is 0 Å². The van der Waals surface area contributed by atoms with Gasteiger partial charge in [-0.3, -0.25) is 5.32 Å². The summed E-state index contributed by atoms with van der Waals surface area (Å²) in [5.74, 6) is -1.34. The van der Waals surface area contributed by atoms with Crippen molar-refractivity contribution in [1.29, 1.82) is 0 Å². The highest BCUT2D eigenvalue weighted by atomic mass is 35.5. The van der Waals surface area contributed by atoms with E-state index in [0.29, 0.717) is 16.6 Å². The Bertz CT molecular complexity index is 1140. The molecule has 1 N–H and O–H groups in total. The van der Waals surface area contributed by atoms with Crippen LogP contribution in [-0.2, 0) is 16.1 Å². The normalized spacial score (nSPS) is 10.6. The smallest absolute Gasteiger partial charge is 0.411 e. The molecule has 3 rings (SSSR count). The third kappa shape index (κ3) is 4.91. The molecule has 0 aliphatic carbocycles. The SMILES string of the molecule is CCOC(=O)Nc1ccc2c(COC(=O)c3ccc(F)cc3Cl)cc(=O)oc2c1. The number of nitrogens with one attached hydrogen (secondary N) is 1. The van der Waals surface area contributed by atoms with Crippen molar-refractivity contribution < 1.29 is 27.9 Å². The Labute approximate surface area is 169 Å². The molecule has 2 aromatic carbocycles. The van der Waals surface area contributed by atoms with Crippen LogP contribution in [0.25, 0.3) is 11.0 Å². The quantitative estimate of drug-likeness (QED) is 0.483. The zero-order chi connectivity index (χ0) is 21.0. The first-order valence-corrected chi connectivity index (χ1v) is 8.88. The van der Waals surface area contributed by atoms with Crippen molar-refractivity contribution in [3.05, 3.63) is 74.9 Å². The zero-order valence-electron chi connectivity index (χ0n) is 15.2. The fourth-order valence-corrected chi connectivity index (χ4v) is 2.83. The van der Waals surface area contributed by atoms with Crippen molar-refractivity contribution in [1.82, 2.24) is 0 Å². The fraction of sp³-hybridized carbons (Fsp3) is 0.150. The summed E-state index contributed by atoms with van der Waals surface area (Å²) in [5, 5.41) is 2.93. The molecule has 1 heterocycles. The average Bonchev–Trinajstić information content (AvgIpc) is 2.65. The minimum absolute atomic E-state index is 0.00117. The van der Waals surface area contributed by atoms with Crippen LogP contribution in [-0.4, -0.2) is 18.7 Å². The molecule has 3 aromatic rings. The van der Waals surface area contributed by atoms with Crippen LogP contribution in [0.4, 0.5) is 14.9 Å². The second-order valence-electron chi connectivity index (χ2n) is 5.85. The number of hydrogen-bond acceptors (Lipinski definition) is 6. The molecular weight excluding hydrogens is 405 g/mol. The molecule has 0 spiro atoms. The second-order valence-corrected chi connectivity index (χ2v) is 6.25. The standard InChI is InChI=1S/C20H15ClFNO6/c1-2-27-20(26)23-13-4-6-14-11(7-18(24)29-17(14)9-13)10-28-19(25)15-5-3-12(22)8-16(15)21/h3-9H,2,10H2,1H3,(H,23,26). The van der Waals surface area contributed by atoms with Gasteiger partial charge < -0.3 is 13.9 Å². The number of hydrogen-bond donors (Lipinski definition) is 1. The van der Waals surface area contributed by atoms with Gasteiger partial charge in [-0.25, -0.2) is 18.8 Å². The van der Waals surface area contributed by atoms with Crippen LogP contribution in [0.1, 0.15) is 22.8 Å². The Kier molecular flexibility index (Phi) is 6.13. The summed E-state index contributed by atoms with van der Waals surface area (Å²) >= 11 is 5.86. The number of esters is 1. The molecule has 0 aliphatic heterocycles. The van der Waals surface area contributed by atoms with E-state index in [1.54, 1.807) is 19.1 Å². The van der Waals surface area contributed by atoms with Crippen molar-refractivity contribution >= 4 is 40.3 Å².